The summed E-state index contributed by atoms with van der Waals surface area (Å²) in [5, 5.41) is 6.78. The number of amides is 2. The third kappa shape index (κ3) is 3.82. The maximum absolute atomic E-state index is 12.0. The number of anilines is 1. The van der Waals surface area contributed by atoms with Gasteiger partial charge in [0.2, 0.25) is 11.8 Å². The molecule has 0 spiro atoms. The maximum atomic E-state index is 12.0. The van der Waals surface area contributed by atoms with Crippen molar-refractivity contribution >= 4 is 17.6 Å². The SMILES string of the molecule is CC(=O)N(CC(=O)NC1CCCCC1)c1cc(C)on1. The summed E-state index contributed by atoms with van der Waals surface area (Å²) in [6, 6.07) is 1.89. The van der Waals surface area contributed by atoms with Crippen molar-refractivity contribution in [1.29, 1.82) is 0 Å². The average molecular weight is 279 g/mol. The highest BCUT2D eigenvalue weighted by Gasteiger charge is 2.21. The molecule has 1 aromatic rings. The minimum absolute atomic E-state index is 0.0161. The van der Waals surface area contributed by atoms with E-state index in [1.807, 2.05) is 0 Å². The molecule has 0 aliphatic heterocycles. The Morgan fingerprint density at radius 1 is 1.40 bits per heavy atom. The second kappa shape index (κ2) is 6.54. The van der Waals surface area contributed by atoms with Gasteiger partial charge < -0.3 is 9.84 Å². The van der Waals surface area contributed by atoms with Gasteiger partial charge in [-0.25, -0.2) is 0 Å². The summed E-state index contributed by atoms with van der Waals surface area (Å²) in [5.41, 5.74) is 0. The molecular weight excluding hydrogens is 258 g/mol. The fraction of sp³-hybridized carbons (Fsp3) is 0.643. The smallest absolute Gasteiger partial charge is 0.240 e. The zero-order chi connectivity index (χ0) is 14.5. The van der Waals surface area contributed by atoms with Gasteiger partial charge in [-0.1, -0.05) is 24.4 Å². The van der Waals surface area contributed by atoms with Crippen molar-refractivity contribution in [3.05, 3.63) is 11.8 Å². The average Bonchev–Trinajstić information content (AvgIpc) is 2.83. The van der Waals surface area contributed by atoms with Gasteiger partial charge >= 0.3 is 0 Å². The molecule has 0 bridgehead atoms. The molecule has 1 aliphatic rings. The predicted molar refractivity (Wildman–Crippen MR) is 74.3 cm³/mol. The number of aryl methyl sites for hydroxylation is 1. The zero-order valence-corrected chi connectivity index (χ0v) is 12.0. The van der Waals surface area contributed by atoms with Gasteiger partial charge in [0.05, 0.1) is 0 Å². The molecule has 2 amide bonds. The van der Waals surface area contributed by atoms with Crippen LogP contribution in [-0.2, 0) is 9.59 Å². The number of carbonyl (C=O) groups excluding carboxylic acids is 2. The Bertz CT molecular complexity index is 478. The van der Waals surface area contributed by atoms with Gasteiger partial charge in [-0.15, -0.1) is 0 Å². The molecule has 2 rings (SSSR count). The van der Waals surface area contributed by atoms with Crippen LogP contribution < -0.4 is 10.2 Å². The maximum Gasteiger partial charge on any atom is 0.240 e. The molecule has 20 heavy (non-hydrogen) atoms. The first-order chi connectivity index (χ1) is 9.56. The molecule has 0 aromatic carbocycles. The first-order valence-corrected chi connectivity index (χ1v) is 7.07. The third-order valence-electron chi connectivity index (χ3n) is 3.54. The summed E-state index contributed by atoms with van der Waals surface area (Å²) >= 11 is 0. The van der Waals surface area contributed by atoms with Crippen LogP contribution in [0.25, 0.3) is 0 Å². The minimum Gasteiger partial charge on any atom is -0.360 e. The molecule has 1 saturated carbocycles. The fourth-order valence-electron chi connectivity index (χ4n) is 2.50. The van der Waals surface area contributed by atoms with Crippen LogP contribution in [-0.4, -0.2) is 29.6 Å². The normalized spacial score (nSPS) is 15.9. The first kappa shape index (κ1) is 14.6. The summed E-state index contributed by atoms with van der Waals surface area (Å²) in [5.74, 6) is 0.623. The van der Waals surface area contributed by atoms with E-state index in [9.17, 15) is 9.59 Å². The van der Waals surface area contributed by atoms with E-state index in [0.29, 0.717) is 11.6 Å². The highest BCUT2D eigenvalue weighted by molar-refractivity contribution is 5.96. The lowest BCUT2D eigenvalue weighted by molar-refractivity contribution is -0.123. The van der Waals surface area contributed by atoms with Crippen molar-refractivity contribution in [1.82, 2.24) is 10.5 Å². The van der Waals surface area contributed by atoms with Gasteiger partial charge in [-0.3, -0.25) is 14.5 Å². The molecule has 110 valence electrons. The van der Waals surface area contributed by atoms with Crippen LogP contribution in [0.3, 0.4) is 0 Å². The van der Waals surface area contributed by atoms with Crippen LogP contribution in [0.5, 0.6) is 0 Å². The van der Waals surface area contributed by atoms with E-state index in [2.05, 4.69) is 10.5 Å². The number of nitrogens with zero attached hydrogens (tertiary/aromatic N) is 2. The number of rotatable bonds is 4. The Balaban J connectivity index is 1.94. The van der Waals surface area contributed by atoms with E-state index < -0.39 is 0 Å². The highest BCUT2D eigenvalue weighted by atomic mass is 16.5. The summed E-state index contributed by atoms with van der Waals surface area (Å²) in [4.78, 5) is 25.0. The Kier molecular flexibility index (Phi) is 4.76. The zero-order valence-electron chi connectivity index (χ0n) is 12.0. The van der Waals surface area contributed by atoms with Gasteiger partial charge in [0.1, 0.15) is 12.3 Å². The molecule has 1 N–H and O–H groups in total. The number of aromatic nitrogens is 1. The van der Waals surface area contributed by atoms with Crippen molar-refractivity contribution < 1.29 is 14.1 Å². The van der Waals surface area contributed by atoms with Crippen molar-refractivity contribution in [2.75, 3.05) is 11.4 Å². The van der Waals surface area contributed by atoms with Crippen LogP contribution in [0, 0.1) is 6.92 Å². The van der Waals surface area contributed by atoms with Crippen LogP contribution in [0.4, 0.5) is 5.82 Å². The van der Waals surface area contributed by atoms with Crippen molar-refractivity contribution in [3.8, 4) is 0 Å². The molecule has 1 aliphatic carbocycles. The predicted octanol–water partition coefficient (Wildman–Crippen LogP) is 1.78. The molecule has 1 heterocycles. The van der Waals surface area contributed by atoms with Crippen molar-refractivity contribution in [2.24, 2.45) is 0 Å². The topological polar surface area (TPSA) is 75.4 Å². The van der Waals surface area contributed by atoms with Gasteiger partial charge in [0.25, 0.3) is 0 Å². The molecule has 1 aromatic heterocycles. The number of hydrogen-bond donors (Lipinski definition) is 1. The fourth-order valence-corrected chi connectivity index (χ4v) is 2.50. The Labute approximate surface area is 118 Å². The van der Waals surface area contributed by atoms with E-state index in [0.717, 1.165) is 25.7 Å². The Hall–Kier alpha value is -1.85. The molecule has 6 heteroatoms. The lowest BCUT2D eigenvalue weighted by Gasteiger charge is -2.24. The van der Waals surface area contributed by atoms with Crippen LogP contribution >= 0.6 is 0 Å². The second-order valence-corrected chi connectivity index (χ2v) is 5.30. The van der Waals surface area contributed by atoms with Crippen LogP contribution in [0.1, 0.15) is 44.8 Å². The second-order valence-electron chi connectivity index (χ2n) is 5.30. The van der Waals surface area contributed by atoms with E-state index in [4.69, 9.17) is 4.52 Å². The minimum atomic E-state index is -0.225. The van der Waals surface area contributed by atoms with Crippen LogP contribution in [0.2, 0.25) is 0 Å². The quantitative estimate of drug-likeness (QED) is 0.911. The summed E-state index contributed by atoms with van der Waals surface area (Å²) in [6.07, 6.45) is 5.60. The van der Waals surface area contributed by atoms with E-state index in [-0.39, 0.29) is 24.4 Å². The summed E-state index contributed by atoms with van der Waals surface area (Å²) in [6.45, 7) is 3.15. The Morgan fingerprint density at radius 2 is 2.10 bits per heavy atom. The summed E-state index contributed by atoms with van der Waals surface area (Å²) in [7, 11) is 0. The molecule has 0 atom stereocenters. The molecule has 0 saturated heterocycles. The van der Waals surface area contributed by atoms with Crippen molar-refractivity contribution in [3.63, 3.8) is 0 Å². The van der Waals surface area contributed by atoms with Gasteiger partial charge in [0.15, 0.2) is 5.82 Å². The lowest BCUT2D eigenvalue weighted by atomic mass is 9.95. The lowest BCUT2D eigenvalue weighted by Crippen LogP contribution is -2.44. The van der Waals surface area contributed by atoms with E-state index in [1.165, 1.54) is 18.2 Å². The molecular formula is C14H21N3O3. The van der Waals surface area contributed by atoms with Crippen molar-refractivity contribution in [2.45, 2.75) is 52.0 Å². The Morgan fingerprint density at radius 3 is 2.65 bits per heavy atom. The number of hydrogen-bond acceptors (Lipinski definition) is 4. The van der Waals surface area contributed by atoms with Crippen LogP contribution in [0.15, 0.2) is 10.6 Å². The third-order valence-corrected chi connectivity index (χ3v) is 3.54. The van der Waals surface area contributed by atoms with E-state index >= 15 is 0 Å². The van der Waals surface area contributed by atoms with E-state index in [1.54, 1.807) is 13.0 Å². The first-order valence-electron chi connectivity index (χ1n) is 7.07. The summed E-state index contributed by atoms with van der Waals surface area (Å²) < 4.78 is 4.95. The molecule has 6 nitrogen and oxygen atoms in total. The molecule has 1 fully saturated rings. The van der Waals surface area contributed by atoms with Gasteiger partial charge in [-0.2, -0.15) is 0 Å². The van der Waals surface area contributed by atoms with Gasteiger partial charge in [0, 0.05) is 19.0 Å². The number of nitrogens with one attached hydrogen (secondary N) is 1. The molecule has 0 unspecified atom stereocenters. The molecule has 0 radical (unpaired) electrons. The largest absolute Gasteiger partial charge is 0.360 e. The highest BCUT2D eigenvalue weighted by Crippen LogP contribution is 2.18. The number of carbonyl (C=O) groups is 2. The van der Waals surface area contributed by atoms with Gasteiger partial charge in [-0.05, 0) is 19.8 Å². The monoisotopic (exact) mass is 279 g/mol. The standard InChI is InChI=1S/C14H21N3O3/c1-10-8-13(16-20-10)17(11(2)18)9-14(19)15-12-6-4-3-5-7-12/h8,12H,3-7,9H2,1-2H3,(H,15,19).